The summed E-state index contributed by atoms with van der Waals surface area (Å²) in [6.07, 6.45) is 1.67. The molecule has 3 N–H and O–H groups in total. The first-order valence-electron chi connectivity index (χ1n) is 4.69. The number of sulfone groups is 1. The van der Waals surface area contributed by atoms with Crippen LogP contribution in [0.1, 0.15) is 0 Å². The predicted octanol–water partition coefficient (Wildman–Crippen LogP) is 1.60. The normalized spacial score (nSPS) is 22.2. The van der Waals surface area contributed by atoms with Gasteiger partial charge in [0.05, 0.1) is 11.8 Å². The molecule has 1 aromatic rings. The predicted molar refractivity (Wildman–Crippen MR) is 73.9 cm³/mol. The van der Waals surface area contributed by atoms with Gasteiger partial charge in [-0.05, 0) is 40.8 Å². The Morgan fingerprint density at radius 1 is 1.44 bits per heavy atom. The number of benzene rings is 1. The zero-order valence-electron chi connectivity index (χ0n) is 8.35. The maximum Gasteiger partial charge on any atom is 0.173 e. The second-order valence-electron chi connectivity index (χ2n) is 3.65. The van der Waals surface area contributed by atoms with Crippen molar-refractivity contribution in [2.75, 3.05) is 16.8 Å². The lowest BCUT2D eigenvalue weighted by atomic mass is 10.2. The molecule has 1 atom stereocenters. The fourth-order valence-electron chi connectivity index (χ4n) is 1.51. The SMILES string of the molecule is Nc1ccc(NC2C=CS(=O)(=O)C2)c(I)c1. The molecule has 2 rings (SSSR count). The Morgan fingerprint density at radius 3 is 2.75 bits per heavy atom. The van der Waals surface area contributed by atoms with Gasteiger partial charge in [0, 0.05) is 20.4 Å². The summed E-state index contributed by atoms with van der Waals surface area (Å²) in [6.45, 7) is 0. The second kappa shape index (κ2) is 4.25. The van der Waals surface area contributed by atoms with Crippen LogP contribution in [0.15, 0.2) is 29.7 Å². The summed E-state index contributed by atoms with van der Waals surface area (Å²) in [6, 6.07) is 5.34. The molecule has 16 heavy (non-hydrogen) atoms. The number of rotatable bonds is 2. The molecule has 0 saturated heterocycles. The number of nitrogen functional groups attached to an aromatic ring is 1. The zero-order chi connectivity index (χ0) is 11.8. The molecule has 1 heterocycles. The lowest BCUT2D eigenvalue weighted by molar-refractivity contribution is 0.605. The van der Waals surface area contributed by atoms with Crippen molar-refractivity contribution in [3.63, 3.8) is 0 Å². The van der Waals surface area contributed by atoms with Crippen LogP contribution in [0, 0.1) is 3.57 Å². The van der Waals surface area contributed by atoms with Gasteiger partial charge < -0.3 is 11.1 Å². The van der Waals surface area contributed by atoms with Gasteiger partial charge in [-0.2, -0.15) is 0 Å². The highest BCUT2D eigenvalue weighted by Gasteiger charge is 2.21. The van der Waals surface area contributed by atoms with E-state index in [1.165, 1.54) is 5.41 Å². The number of nitrogens with one attached hydrogen (secondary N) is 1. The van der Waals surface area contributed by atoms with E-state index in [-0.39, 0.29) is 11.8 Å². The third kappa shape index (κ3) is 2.67. The van der Waals surface area contributed by atoms with E-state index in [0.717, 1.165) is 9.26 Å². The van der Waals surface area contributed by atoms with Crippen LogP contribution in [0.4, 0.5) is 11.4 Å². The van der Waals surface area contributed by atoms with Gasteiger partial charge in [-0.3, -0.25) is 0 Å². The quantitative estimate of drug-likeness (QED) is 0.628. The topological polar surface area (TPSA) is 72.2 Å². The Kier molecular flexibility index (Phi) is 3.11. The molecule has 0 radical (unpaired) electrons. The summed E-state index contributed by atoms with van der Waals surface area (Å²) in [7, 11) is -3.01. The van der Waals surface area contributed by atoms with E-state index in [0.29, 0.717) is 5.69 Å². The van der Waals surface area contributed by atoms with Gasteiger partial charge >= 0.3 is 0 Å². The van der Waals surface area contributed by atoms with Gasteiger partial charge in [0.2, 0.25) is 0 Å². The fourth-order valence-corrected chi connectivity index (χ4v) is 3.44. The van der Waals surface area contributed by atoms with Crippen molar-refractivity contribution >= 4 is 43.8 Å². The van der Waals surface area contributed by atoms with Crippen molar-refractivity contribution in [1.29, 1.82) is 0 Å². The summed E-state index contributed by atoms with van der Waals surface area (Å²) in [5.74, 6) is 0.119. The van der Waals surface area contributed by atoms with Crippen molar-refractivity contribution in [1.82, 2.24) is 0 Å². The maximum absolute atomic E-state index is 11.2. The molecule has 1 aliphatic heterocycles. The van der Waals surface area contributed by atoms with E-state index in [1.807, 2.05) is 12.1 Å². The highest BCUT2D eigenvalue weighted by Crippen LogP contribution is 2.23. The average molecular weight is 350 g/mol. The Hall–Kier alpha value is -0.760. The van der Waals surface area contributed by atoms with Crippen LogP contribution < -0.4 is 11.1 Å². The van der Waals surface area contributed by atoms with Crippen molar-refractivity contribution in [3.8, 4) is 0 Å². The first kappa shape index (κ1) is 11.7. The minimum atomic E-state index is -3.01. The molecule has 6 heteroatoms. The standard InChI is InChI=1S/C10H11IN2O2S/c11-9-5-7(12)1-2-10(9)13-8-3-4-16(14,15)6-8/h1-5,8,13H,6,12H2. The molecule has 0 spiro atoms. The van der Waals surface area contributed by atoms with Crippen LogP contribution >= 0.6 is 22.6 Å². The molecule has 0 aliphatic carbocycles. The Labute approximate surface area is 108 Å². The molecule has 1 unspecified atom stereocenters. The van der Waals surface area contributed by atoms with Gasteiger partial charge in [0.1, 0.15) is 0 Å². The Bertz CT molecular complexity index is 540. The lowest BCUT2D eigenvalue weighted by Crippen LogP contribution is -2.21. The van der Waals surface area contributed by atoms with E-state index >= 15 is 0 Å². The van der Waals surface area contributed by atoms with E-state index in [9.17, 15) is 8.42 Å². The molecule has 0 aromatic heterocycles. The number of hydrogen-bond donors (Lipinski definition) is 2. The fraction of sp³-hybridized carbons (Fsp3) is 0.200. The van der Waals surface area contributed by atoms with E-state index in [2.05, 4.69) is 27.9 Å². The smallest absolute Gasteiger partial charge is 0.173 e. The molecule has 86 valence electrons. The second-order valence-corrected chi connectivity index (χ2v) is 6.74. The molecule has 1 aliphatic rings. The van der Waals surface area contributed by atoms with Gasteiger partial charge in [-0.1, -0.05) is 6.08 Å². The number of halogens is 1. The molecular weight excluding hydrogens is 339 g/mol. The average Bonchev–Trinajstić information content (AvgIpc) is 2.51. The van der Waals surface area contributed by atoms with Crippen LogP contribution in [-0.4, -0.2) is 20.2 Å². The van der Waals surface area contributed by atoms with Gasteiger partial charge in [0.25, 0.3) is 0 Å². The monoisotopic (exact) mass is 350 g/mol. The third-order valence-electron chi connectivity index (χ3n) is 2.26. The van der Waals surface area contributed by atoms with Crippen molar-refractivity contribution < 1.29 is 8.42 Å². The van der Waals surface area contributed by atoms with E-state index in [1.54, 1.807) is 12.1 Å². The van der Waals surface area contributed by atoms with Gasteiger partial charge in [-0.15, -0.1) is 0 Å². The molecular formula is C10H11IN2O2S. The summed E-state index contributed by atoms with van der Waals surface area (Å²) in [5.41, 5.74) is 7.24. The van der Waals surface area contributed by atoms with Crippen LogP contribution in [-0.2, 0) is 9.84 Å². The van der Waals surface area contributed by atoms with Crippen LogP contribution in [0.25, 0.3) is 0 Å². The van der Waals surface area contributed by atoms with Crippen molar-refractivity contribution in [2.24, 2.45) is 0 Å². The first-order chi connectivity index (χ1) is 7.46. The Morgan fingerprint density at radius 2 is 2.19 bits per heavy atom. The molecule has 0 bridgehead atoms. The molecule has 4 nitrogen and oxygen atoms in total. The summed E-state index contributed by atoms with van der Waals surface area (Å²) in [4.78, 5) is 0. The van der Waals surface area contributed by atoms with Crippen LogP contribution in [0.3, 0.4) is 0 Å². The minimum Gasteiger partial charge on any atom is -0.399 e. The summed E-state index contributed by atoms with van der Waals surface area (Å²) >= 11 is 2.17. The van der Waals surface area contributed by atoms with E-state index < -0.39 is 9.84 Å². The molecule has 0 fully saturated rings. The zero-order valence-corrected chi connectivity index (χ0v) is 11.3. The Balaban J connectivity index is 2.14. The number of hydrogen-bond acceptors (Lipinski definition) is 4. The van der Waals surface area contributed by atoms with Crippen LogP contribution in [0.2, 0.25) is 0 Å². The third-order valence-corrected chi connectivity index (χ3v) is 4.55. The van der Waals surface area contributed by atoms with E-state index in [4.69, 9.17) is 5.73 Å². The molecule has 0 amide bonds. The minimum absolute atomic E-state index is 0.119. The number of nitrogens with two attached hydrogens (primary N) is 1. The van der Waals surface area contributed by atoms with Gasteiger partial charge in [0.15, 0.2) is 9.84 Å². The number of anilines is 2. The maximum atomic E-state index is 11.2. The lowest BCUT2D eigenvalue weighted by Gasteiger charge is -2.13. The van der Waals surface area contributed by atoms with Crippen molar-refractivity contribution in [3.05, 3.63) is 33.3 Å². The first-order valence-corrected chi connectivity index (χ1v) is 7.48. The molecule has 0 saturated carbocycles. The van der Waals surface area contributed by atoms with Crippen molar-refractivity contribution in [2.45, 2.75) is 6.04 Å². The highest BCUT2D eigenvalue weighted by atomic mass is 127. The summed E-state index contributed by atoms with van der Waals surface area (Å²) < 4.78 is 23.4. The van der Waals surface area contributed by atoms with Gasteiger partial charge in [-0.25, -0.2) is 8.42 Å². The highest BCUT2D eigenvalue weighted by molar-refractivity contribution is 14.1. The molecule has 1 aromatic carbocycles. The summed E-state index contributed by atoms with van der Waals surface area (Å²) in [5, 5.41) is 4.42. The van der Waals surface area contributed by atoms with Crippen LogP contribution in [0.5, 0.6) is 0 Å². The largest absolute Gasteiger partial charge is 0.399 e.